The van der Waals surface area contributed by atoms with Gasteiger partial charge in [0.2, 0.25) is 5.82 Å². The van der Waals surface area contributed by atoms with Crippen LogP contribution in [-0.4, -0.2) is 126 Å². The highest BCUT2D eigenvalue weighted by molar-refractivity contribution is 8.04. The summed E-state index contributed by atoms with van der Waals surface area (Å²) in [5.41, 5.74) is -3.17. The minimum Gasteiger partial charge on any atom is -0.387 e. The van der Waals surface area contributed by atoms with Crippen molar-refractivity contribution >= 4 is 51.0 Å². The number of thioether (sulfide) groups is 2. The minimum atomic E-state index is -5.11. The minimum absolute atomic E-state index is 0.0513. The molecule has 0 amide bonds. The number of aliphatic hydroxyl groups is 1. The molecule has 2 atom stereocenters. The van der Waals surface area contributed by atoms with Crippen molar-refractivity contribution in [3.63, 3.8) is 0 Å². The summed E-state index contributed by atoms with van der Waals surface area (Å²) in [6.45, 7) is 8.16. The Hall–Kier alpha value is -4.19. The Kier molecular flexibility index (Phi) is 18.5. The molecule has 3 N–H and O–H groups in total. The molecule has 0 spiro atoms. The van der Waals surface area contributed by atoms with Crippen LogP contribution in [0.1, 0.15) is 61.8 Å². The first-order chi connectivity index (χ1) is 34.1. The molecule has 7 rings (SSSR count). The normalized spacial score (nSPS) is 19.1. The second-order valence-electron chi connectivity index (χ2n) is 18.2. The predicted octanol–water partition coefficient (Wildman–Crippen LogP) is 10.5. The standard InChI is InChI=1S/C50H58ClF7N8O3S3/c1-34(71-50(56,57)58)31-39(9-8-22-59-38(18-23-64-29-27-63(3)28-30-64)33-70-45-13-7-6-12-43(45)52)72(68,69)62-46-42-19-24-66(32-44(42)60-47(61-46)49(53,54)55)48(67)20-25-65(26-21-48)35(2)40-10-4-5-11-41(40)36-14-16-37(51)17-15-36/h4-17,22,31,35,38,59,67H,18-21,23-30,32-33H2,1-3H3,(H,60,61,62)/b22-8+,34-31+,39-9+/t35?,38-/m1/s1. The molecule has 3 aliphatic heterocycles. The van der Waals surface area contributed by atoms with Crippen LogP contribution >= 0.6 is 35.1 Å². The number of allylic oxidation sites excluding steroid dienone is 4. The van der Waals surface area contributed by atoms with E-state index in [-0.39, 0.29) is 61.5 Å². The first kappa shape index (κ1) is 55.6. The number of piperazine rings is 1. The van der Waals surface area contributed by atoms with E-state index in [0.29, 0.717) is 41.7 Å². The van der Waals surface area contributed by atoms with Gasteiger partial charge in [0.15, 0.2) is 0 Å². The Balaban J connectivity index is 1.09. The molecule has 4 aromatic rings. The largest absolute Gasteiger partial charge is 0.451 e. The average Bonchev–Trinajstić information content (AvgIpc) is 3.33. The van der Waals surface area contributed by atoms with E-state index in [2.05, 4.69) is 47.7 Å². The van der Waals surface area contributed by atoms with E-state index in [1.807, 2.05) is 49.5 Å². The lowest BCUT2D eigenvalue weighted by Crippen LogP contribution is -2.57. The zero-order valence-corrected chi connectivity index (χ0v) is 43.2. The highest BCUT2D eigenvalue weighted by Gasteiger charge is 2.43. The van der Waals surface area contributed by atoms with Crippen molar-refractivity contribution in [3.8, 4) is 11.1 Å². The van der Waals surface area contributed by atoms with Crippen molar-refractivity contribution in [3.05, 3.63) is 141 Å². The lowest BCUT2D eigenvalue weighted by Gasteiger charge is -2.48. The number of likely N-dealkylation sites (N-methyl/N-ethyl adjacent to an activating group) is 1. The second-order valence-corrected chi connectivity index (χ2v) is 22.6. The Labute approximate surface area is 430 Å². The van der Waals surface area contributed by atoms with Gasteiger partial charge in [0.25, 0.3) is 10.0 Å². The smallest absolute Gasteiger partial charge is 0.387 e. The van der Waals surface area contributed by atoms with Crippen LogP contribution in [0.25, 0.3) is 11.1 Å². The summed E-state index contributed by atoms with van der Waals surface area (Å²) in [4.78, 5) is 15.2. The summed E-state index contributed by atoms with van der Waals surface area (Å²) in [5, 5.41) is 15.9. The number of hydrogen-bond donors (Lipinski definition) is 3. The van der Waals surface area contributed by atoms with Crippen LogP contribution in [-0.2, 0) is 29.2 Å². The highest BCUT2D eigenvalue weighted by atomic mass is 35.5. The molecule has 2 saturated heterocycles. The summed E-state index contributed by atoms with van der Waals surface area (Å²) in [5.74, 6) is -2.25. The SMILES string of the molecule is C\C(=C/C(=C\C=C\N[C@H](CCN1CCN(C)CC1)CSc1ccccc1F)S(=O)(=O)Nc1nc(C(F)(F)F)nc2c1CCN(C1(O)CCN(C(C)c3ccccc3-c3ccc(Cl)cc3)CC1)C2)SC(F)(F)F. The van der Waals surface area contributed by atoms with E-state index >= 15 is 0 Å². The van der Waals surface area contributed by atoms with Gasteiger partial charge in [0.05, 0.1) is 10.6 Å². The summed E-state index contributed by atoms with van der Waals surface area (Å²) in [6, 6.07) is 21.6. The zero-order valence-electron chi connectivity index (χ0n) is 40.0. The summed E-state index contributed by atoms with van der Waals surface area (Å²) < 4.78 is 129. The average molecular weight is 1080 g/mol. The van der Waals surface area contributed by atoms with Crippen molar-refractivity contribution in [2.75, 3.05) is 69.9 Å². The molecule has 72 heavy (non-hydrogen) atoms. The number of rotatable bonds is 18. The molecule has 22 heteroatoms. The zero-order chi connectivity index (χ0) is 51.8. The molecule has 3 aliphatic rings. The fourth-order valence-corrected chi connectivity index (χ4v) is 12.0. The lowest BCUT2D eigenvalue weighted by atomic mass is 9.91. The quantitative estimate of drug-likeness (QED) is 0.0500. The fourth-order valence-electron chi connectivity index (χ4n) is 9.06. The molecule has 0 saturated carbocycles. The summed E-state index contributed by atoms with van der Waals surface area (Å²) >= 11 is 6.90. The van der Waals surface area contributed by atoms with Crippen LogP contribution in [0.15, 0.2) is 112 Å². The van der Waals surface area contributed by atoms with Crippen LogP contribution in [0.5, 0.6) is 0 Å². The van der Waals surface area contributed by atoms with Crippen molar-refractivity contribution in [2.45, 2.75) is 80.5 Å². The number of hydrogen-bond acceptors (Lipinski definition) is 12. The van der Waals surface area contributed by atoms with E-state index in [0.717, 1.165) is 61.9 Å². The molecule has 11 nitrogen and oxygen atoms in total. The maximum Gasteiger partial charge on any atom is 0.451 e. The Morgan fingerprint density at radius 2 is 1.61 bits per heavy atom. The monoisotopic (exact) mass is 1080 g/mol. The maximum absolute atomic E-state index is 14.5. The van der Waals surface area contributed by atoms with Crippen LogP contribution in [0, 0.1) is 5.82 Å². The molecule has 1 aromatic heterocycles. The number of nitrogens with zero attached hydrogens (tertiary/aromatic N) is 6. The van der Waals surface area contributed by atoms with Gasteiger partial charge >= 0.3 is 11.7 Å². The third-order valence-electron chi connectivity index (χ3n) is 13.1. The van der Waals surface area contributed by atoms with Gasteiger partial charge in [-0.25, -0.2) is 22.8 Å². The number of alkyl halides is 6. The molecule has 0 radical (unpaired) electrons. The van der Waals surface area contributed by atoms with Crippen LogP contribution < -0.4 is 10.0 Å². The van der Waals surface area contributed by atoms with Gasteiger partial charge in [-0.1, -0.05) is 60.1 Å². The number of fused-ring (bicyclic) bond motifs is 1. The lowest BCUT2D eigenvalue weighted by molar-refractivity contribution is -0.153. The van der Waals surface area contributed by atoms with Crippen molar-refractivity contribution in [1.82, 2.24) is 34.9 Å². The third-order valence-corrected chi connectivity index (χ3v) is 16.6. The molecule has 1 unspecified atom stereocenters. The molecular weight excluding hydrogens is 1030 g/mol. The number of likely N-dealkylation sites (tertiary alicyclic amines) is 1. The molecule has 2 fully saturated rings. The van der Waals surface area contributed by atoms with Gasteiger partial charge in [-0.15, -0.1) is 11.8 Å². The van der Waals surface area contributed by atoms with E-state index < -0.39 is 60.6 Å². The van der Waals surface area contributed by atoms with Gasteiger partial charge < -0.3 is 20.2 Å². The summed E-state index contributed by atoms with van der Waals surface area (Å²) in [7, 11) is -2.88. The molecule has 4 heterocycles. The first-order valence-corrected chi connectivity index (χ1v) is 27.1. The van der Waals surface area contributed by atoms with Gasteiger partial charge in [-0.05, 0) is 116 Å². The number of aromatic nitrogens is 2. The first-order valence-electron chi connectivity index (χ1n) is 23.5. The molecule has 0 bridgehead atoms. The van der Waals surface area contributed by atoms with Crippen LogP contribution in [0.2, 0.25) is 5.02 Å². The fraction of sp³-hybridized carbons (Fsp3) is 0.440. The molecular formula is C50H58ClF7N8O3S3. The Morgan fingerprint density at radius 1 is 0.931 bits per heavy atom. The second kappa shape index (κ2) is 24.0. The Morgan fingerprint density at radius 3 is 2.29 bits per heavy atom. The van der Waals surface area contributed by atoms with E-state index in [4.69, 9.17) is 11.6 Å². The number of piperidine rings is 1. The van der Waals surface area contributed by atoms with E-state index in [1.165, 1.54) is 30.1 Å². The molecule has 3 aromatic carbocycles. The van der Waals surface area contributed by atoms with Crippen LogP contribution in [0.4, 0.5) is 36.6 Å². The number of sulfonamides is 1. The molecule has 390 valence electrons. The molecule has 0 aliphatic carbocycles. The third kappa shape index (κ3) is 15.0. The summed E-state index contributed by atoms with van der Waals surface area (Å²) in [6.07, 6.45) is 0.511. The van der Waals surface area contributed by atoms with Gasteiger partial charge in [0.1, 0.15) is 17.4 Å². The number of benzene rings is 3. The van der Waals surface area contributed by atoms with Crippen LogP contribution in [0.3, 0.4) is 0 Å². The predicted molar refractivity (Wildman–Crippen MR) is 272 cm³/mol. The van der Waals surface area contributed by atoms with E-state index in [1.54, 1.807) is 23.1 Å². The van der Waals surface area contributed by atoms with E-state index in [9.17, 15) is 44.3 Å². The number of nitrogens with one attached hydrogen (secondary N) is 2. The van der Waals surface area contributed by atoms with Crippen molar-refractivity contribution < 1.29 is 44.3 Å². The van der Waals surface area contributed by atoms with Crippen molar-refractivity contribution in [1.29, 1.82) is 0 Å². The van der Waals surface area contributed by atoms with Crippen molar-refractivity contribution in [2.24, 2.45) is 0 Å². The highest BCUT2D eigenvalue weighted by Crippen LogP contribution is 2.40. The van der Waals surface area contributed by atoms with Gasteiger partial charge in [-0.2, -0.15) is 26.3 Å². The Bertz CT molecular complexity index is 2700. The topological polar surface area (TPSA) is 117 Å². The number of halogens is 8. The maximum atomic E-state index is 14.5. The number of anilines is 1. The van der Waals surface area contributed by atoms with Gasteiger partial charge in [0, 0.05) is 105 Å². The van der Waals surface area contributed by atoms with Gasteiger partial charge in [-0.3, -0.25) is 14.5 Å².